The van der Waals surface area contributed by atoms with Crippen molar-refractivity contribution in [3.05, 3.63) is 29.8 Å². The van der Waals surface area contributed by atoms with E-state index in [-0.39, 0.29) is 5.91 Å². The van der Waals surface area contributed by atoms with Crippen molar-refractivity contribution in [3.63, 3.8) is 0 Å². The van der Waals surface area contributed by atoms with Crippen LogP contribution in [0, 0.1) is 0 Å². The van der Waals surface area contributed by atoms with Gasteiger partial charge in [0.1, 0.15) is 0 Å². The molecule has 6 nitrogen and oxygen atoms in total. The largest absolute Gasteiger partial charge is 0.369 e. The molecular weight excluding hydrogens is 326 g/mol. The Kier molecular flexibility index (Phi) is 5.87. The first kappa shape index (κ1) is 18.7. The number of benzene rings is 1. The average molecular weight is 353 g/mol. The van der Waals surface area contributed by atoms with E-state index < -0.39 is 10.0 Å². The van der Waals surface area contributed by atoms with Crippen LogP contribution in [0.5, 0.6) is 0 Å². The molecule has 1 aromatic rings. The van der Waals surface area contributed by atoms with Crippen LogP contribution in [-0.2, 0) is 10.0 Å². The monoisotopic (exact) mass is 353 g/mol. The predicted octanol–water partition coefficient (Wildman–Crippen LogP) is 1.64. The number of hydrogen-bond donors (Lipinski definition) is 0. The minimum Gasteiger partial charge on any atom is -0.369 e. The van der Waals surface area contributed by atoms with Crippen LogP contribution in [0.3, 0.4) is 0 Å². The molecule has 0 N–H and O–H groups in total. The summed E-state index contributed by atoms with van der Waals surface area (Å²) in [6.07, 6.45) is 1.21. The molecule has 7 heteroatoms. The highest BCUT2D eigenvalue weighted by molar-refractivity contribution is 7.88. The maximum absolute atomic E-state index is 12.6. The van der Waals surface area contributed by atoms with Crippen molar-refractivity contribution in [3.8, 4) is 0 Å². The van der Waals surface area contributed by atoms with E-state index in [0.717, 1.165) is 12.2 Å². The van der Waals surface area contributed by atoms with Crippen LogP contribution in [0.1, 0.15) is 31.1 Å². The van der Waals surface area contributed by atoms with Gasteiger partial charge in [0.15, 0.2) is 0 Å². The van der Waals surface area contributed by atoms with Gasteiger partial charge in [-0.2, -0.15) is 4.31 Å². The van der Waals surface area contributed by atoms with Crippen LogP contribution in [0.15, 0.2) is 24.3 Å². The zero-order valence-electron chi connectivity index (χ0n) is 14.9. The van der Waals surface area contributed by atoms with Crippen LogP contribution in [0.25, 0.3) is 0 Å². The number of carbonyl (C=O) groups is 1. The molecule has 0 aliphatic carbocycles. The van der Waals surface area contributed by atoms with Gasteiger partial charge in [0.05, 0.1) is 6.26 Å². The lowest BCUT2D eigenvalue weighted by Gasteiger charge is -2.33. The van der Waals surface area contributed by atoms with Gasteiger partial charge in [0.25, 0.3) is 5.91 Å². The molecule has 24 heavy (non-hydrogen) atoms. The average Bonchev–Trinajstić information content (AvgIpc) is 2.54. The number of amides is 1. The lowest BCUT2D eigenvalue weighted by atomic mass is 10.1. The predicted molar refractivity (Wildman–Crippen MR) is 96.9 cm³/mol. The maximum atomic E-state index is 12.6. The van der Waals surface area contributed by atoms with Crippen molar-refractivity contribution in [2.45, 2.75) is 26.8 Å². The number of carbonyl (C=O) groups excluding carboxylic acids is 1. The van der Waals surface area contributed by atoms with Crippen molar-refractivity contribution in [1.82, 2.24) is 9.21 Å². The summed E-state index contributed by atoms with van der Waals surface area (Å²) in [5.41, 5.74) is 1.75. The normalized spacial score (nSPS) is 16.5. The zero-order chi connectivity index (χ0) is 17.9. The summed E-state index contributed by atoms with van der Waals surface area (Å²) in [4.78, 5) is 16.6. The fraction of sp³-hybridized carbons (Fsp3) is 0.588. The molecule has 0 saturated carbocycles. The van der Waals surface area contributed by atoms with Gasteiger partial charge < -0.3 is 9.80 Å². The summed E-state index contributed by atoms with van der Waals surface area (Å²) in [5, 5.41) is 0. The lowest BCUT2D eigenvalue weighted by molar-refractivity contribution is 0.0698. The van der Waals surface area contributed by atoms with Crippen LogP contribution in [-0.4, -0.2) is 68.6 Å². The molecule has 0 bridgehead atoms. The number of anilines is 1. The summed E-state index contributed by atoms with van der Waals surface area (Å²) in [5.74, 6) is -0.0395. The third-order valence-electron chi connectivity index (χ3n) is 4.40. The van der Waals surface area contributed by atoms with E-state index in [9.17, 15) is 13.2 Å². The van der Waals surface area contributed by atoms with Crippen LogP contribution in [0.2, 0.25) is 0 Å². The Morgan fingerprint density at radius 1 is 1.12 bits per heavy atom. The fourth-order valence-corrected chi connectivity index (χ4v) is 3.87. The summed E-state index contributed by atoms with van der Waals surface area (Å²) in [6.45, 7) is 8.90. The van der Waals surface area contributed by atoms with Gasteiger partial charge in [-0.25, -0.2) is 8.42 Å². The lowest BCUT2D eigenvalue weighted by Crippen LogP contribution is -2.50. The zero-order valence-corrected chi connectivity index (χ0v) is 15.7. The quantitative estimate of drug-likeness (QED) is 0.807. The number of hydrogen-bond acceptors (Lipinski definition) is 4. The van der Waals surface area contributed by atoms with Gasteiger partial charge in [0, 0.05) is 50.0 Å². The van der Waals surface area contributed by atoms with E-state index in [1.807, 2.05) is 24.3 Å². The molecule has 1 aromatic carbocycles. The van der Waals surface area contributed by atoms with Gasteiger partial charge in [0.2, 0.25) is 10.0 Å². The Morgan fingerprint density at radius 3 is 2.08 bits per heavy atom. The highest BCUT2D eigenvalue weighted by Crippen LogP contribution is 2.19. The number of nitrogens with zero attached hydrogens (tertiary/aromatic N) is 3. The van der Waals surface area contributed by atoms with E-state index in [1.54, 1.807) is 4.90 Å². The second-order valence-corrected chi connectivity index (χ2v) is 8.36. The first-order chi connectivity index (χ1) is 11.2. The van der Waals surface area contributed by atoms with Crippen LogP contribution in [0.4, 0.5) is 5.69 Å². The Balaban J connectivity index is 2.03. The summed E-state index contributed by atoms with van der Waals surface area (Å²) >= 11 is 0. The van der Waals surface area contributed by atoms with Gasteiger partial charge in [-0.05, 0) is 45.0 Å². The topological polar surface area (TPSA) is 60.9 Å². The minimum absolute atomic E-state index is 0.0395. The first-order valence-corrected chi connectivity index (χ1v) is 10.2. The molecule has 0 atom stereocenters. The highest BCUT2D eigenvalue weighted by Gasteiger charge is 2.26. The second-order valence-electron chi connectivity index (χ2n) is 6.38. The second kappa shape index (κ2) is 7.53. The maximum Gasteiger partial charge on any atom is 0.253 e. The summed E-state index contributed by atoms with van der Waals surface area (Å²) < 4.78 is 24.5. The molecule has 1 aliphatic rings. The van der Waals surface area contributed by atoms with Crippen molar-refractivity contribution >= 4 is 21.6 Å². The molecular formula is C17H27N3O3S. The number of rotatable bonds is 5. The first-order valence-electron chi connectivity index (χ1n) is 8.35. The Bertz CT molecular complexity index is 663. The standard InChI is InChI=1S/C17H27N3O3S/c1-5-20(14(2)3)16-8-6-15(7-9-16)17(21)18-10-12-19(13-11-18)24(4,22)23/h6-9,14H,5,10-13H2,1-4H3. The Hall–Kier alpha value is -1.60. The van der Waals surface area contributed by atoms with Crippen molar-refractivity contribution in [2.24, 2.45) is 0 Å². The van der Waals surface area contributed by atoms with Crippen molar-refractivity contribution in [1.29, 1.82) is 0 Å². The van der Waals surface area contributed by atoms with Crippen molar-refractivity contribution < 1.29 is 13.2 Å². The fourth-order valence-electron chi connectivity index (χ4n) is 3.05. The van der Waals surface area contributed by atoms with E-state index in [1.165, 1.54) is 10.6 Å². The third-order valence-corrected chi connectivity index (χ3v) is 5.71. The molecule has 1 aliphatic heterocycles. The van der Waals surface area contributed by atoms with Gasteiger partial charge in [-0.15, -0.1) is 0 Å². The Morgan fingerprint density at radius 2 is 1.67 bits per heavy atom. The summed E-state index contributed by atoms with van der Waals surface area (Å²) in [6, 6.07) is 8.06. The summed E-state index contributed by atoms with van der Waals surface area (Å²) in [7, 11) is -3.18. The van der Waals surface area contributed by atoms with Crippen molar-refractivity contribution in [2.75, 3.05) is 43.9 Å². The van der Waals surface area contributed by atoms with Gasteiger partial charge in [-0.3, -0.25) is 4.79 Å². The highest BCUT2D eigenvalue weighted by atomic mass is 32.2. The molecule has 2 rings (SSSR count). The SMILES string of the molecule is CCN(c1ccc(C(=O)N2CCN(S(C)(=O)=O)CC2)cc1)C(C)C. The van der Waals surface area contributed by atoms with Crippen LogP contribution < -0.4 is 4.90 Å². The smallest absolute Gasteiger partial charge is 0.253 e. The van der Waals surface area contributed by atoms with E-state index in [2.05, 4.69) is 25.7 Å². The minimum atomic E-state index is -3.18. The Labute approximate surface area is 145 Å². The van der Waals surface area contributed by atoms with E-state index in [4.69, 9.17) is 0 Å². The van der Waals surface area contributed by atoms with E-state index >= 15 is 0 Å². The molecule has 0 aromatic heterocycles. The molecule has 1 saturated heterocycles. The molecule has 1 heterocycles. The molecule has 0 spiro atoms. The third kappa shape index (κ3) is 4.27. The van der Waals surface area contributed by atoms with Gasteiger partial charge >= 0.3 is 0 Å². The van der Waals surface area contributed by atoms with Crippen LogP contribution >= 0.6 is 0 Å². The number of sulfonamides is 1. The molecule has 0 unspecified atom stereocenters. The number of piperazine rings is 1. The molecule has 1 amide bonds. The molecule has 0 radical (unpaired) electrons. The molecule has 1 fully saturated rings. The van der Waals surface area contributed by atoms with Gasteiger partial charge in [-0.1, -0.05) is 0 Å². The van der Waals surface area contributed by atoms with E-state index in [0.29, 0.717) is 37.8 Å². The molecule has 134 valence electrons.